The number of hydrogen-bond acceptors (Lipinski definition) is 3. The largest absolute Gasteiger partial charge is 0.435 e. The minimum Gasteiger partial charge on any atom is -0.351 e. The van der Waals surface area contributed by atoms with E-state index in [0.717, 1.165) is 10.7 Å². The second-order valence-electron chi connectivity index (χ2n) is 4.90. The van der Waals surface area contributed by atoms with Gasteiger partial charge in [-0.15, -0.1) is 0 Å². The maximum Gasteiger partial charge on any atom is 0.435 e. The summed E-state index contributed by atoms with van der Waals surface area (Å²) in [6.45, 7) is 2.23. The predicted molar refractivity (Wildman–Crippen MR) is 83.9 cm³/mol. The molecule has 6 nitrogen and oxygen atoms in total. The molecule has 126 valence electrons. The van der Waals surface area contributed by atoms with Gasteiger partial charge in [0, 0.05) is 24.3 Å². The number of hydrogen-bond donors (Lipinski definition) is 2. The topological polar surface area (TPSA) is 75.6 Å². The number of aromatic nitrogens is 4. The van der Waals surface area contributed by atoms with Crippen LogP contribution in [0.5, 0.6) is 0 Å². The number of aromatic amines is 1. The monoisotopic (exact) mass is 401 g/mol. The summed E-state index contributed by atoms with van der Waals surface area (Å²) in [6, 6.07) is 2.42. The molecule has 3 heterocycles. The van der Waals surface area contributed by atoms with Crippen LogP contribution in [0.3, 0.4) is 0 Å². The first-order chi connectivity index (χ1) is 11.3. The van der Waals surface area contributed by atoms with Crippen LogP contribution in [0.15, 0.2) is 29.0 Å². The quantitative estimate of drug-likeness (QED) is 0.706. The van der Waals surface area contributed by atoms with Gasteiger partial charge in [0.25, 0.3) is 5.91 Å². The first-order valence-electron chi connectivity index (χ1n) is 6.90. The zero-order valence-electron chi connectivity index (χ0n) is 12.3. The lowest BCUT2D eigenvalue weighted by atomic mass is 10.2. The van der Waals surface area contributed by atoms with E-state index in [4.69, 9.17) is 0 Å². The van der Waals surface area contributed by atoms with Crippen LogP contribution in [0.1, 0.15) is 23.1 Å². The molecule has 0 fully saturated rings. The molecule has 0 radical (unpaired) electrons. The lowest BCUT2D eigenvalue weighted by molar-refractivity contribution is -0.141. The van der Waals surface area contributed by atoms with E-state index in [1.165, 1.54) is 18.5 Å². The third-order valence-corrected chi connectivity index (χ3v) is 3.86. The molecule has 0 spiro atoms. The molecule has 0 saturated carbocycles. The minimum atomic E-state index is -4.53. The Bertz CT molecular complexity index is 915. The first kappa shape index (κ1) is 16.5. The van der Waals surface area contributed by atoms with Crippen molar-refractivity contribution >= 4 is 32.9 Å². The van der Waals surface area contributed by atoms with Crippen molar-refractivity contribution in [1.29, 1.82) is 0 Å². The molecule has 10 heteroatoms. The molecule has 0 aliphatic rings. The van der Waals surface area contributed by atoms with Crippen LogP contribution in [0.2, 0.25) is 0 Å². The number of nitrogens with zero attached hydrogens (tertiary/aromatic N) is 3. The molecule has 1 amide bonds. The van der Waals surface area contributed by atoms with E-state index in [-0.39, 0.29) is 11.6 Å². The van der Waals surface area contributed by atoms with Gasteiger partial charge >= 0.3 is 6.18 Å². The molecule has 3 aromatic heterocycles. The summed E-state index contributed by atoms with van der Waals surface area (Å²) in [5.41, 5.74) is 0.00144. The Kier molecular flexibility index (Phi) is 4.08. The van der Waals surface area contributed by atoms with Gasteiger partial charge in [-0.25, -0.2) is 9.67 Å². The van der Waals surface area contributed by atoms with Crippen molar-refractivity contribution in [1.82, 2.24) is 25.1 Å². The Balaban J connectivity index is 2.15. The molecule has 0 bridgehead atoms. The van der Waals surface area contributed by atoms with Crippen molar-refractivity contribution in [3.8, 4) is 5.69 Å². The van der Waals surface area contributed by atoms with Gasteiger partial charge in [0.1, 0.15) is 11.3 Å². The molecule has 3 rings (SSSR count). The molecule has 0 aliphatic heterocycles. The van der Waals surface area contributed by atoms with Crippen LogP contribution >= 0.6 is 15.9 Å². The average Bonchev–Trinajstić information content (AvgIpc) is 3.13. The molecule has 0 unspecified atom stereocenters. The molecule has 0 atom stereocenters. The van der Waals surface area contributed by atoms with Crippen molar-refractivity contribution in [2.24, 2.45) is 0 Å². The Morgan fingerprint density at radius 1 is 1.46 bits per heavy atom. The Morgan fingerprint density at radius 2 is 2.21 bits per heavy atom. The lowest BCUT2D eigenvalue weighted by Crippen LogP contribution is -2.22. The predicted octanol–water partition coefficient (Wildman–Crippen LogP) is 3.28. The first-order valence-corrected chi connectivity index (χ1v) is 7.69. The standard InChI is InChI=1S/C14H11BrF3N5O/c1-2-19-13(24)9-5-7-11(8(15)6-20-12(7)21-9)23-4-3-10(22-23)14(16,17)18/h3-6H,2H2,1H3,(H,19,24)(H,20,21). The molecule has 0 aromatic carbocycles. The fourth-order valence-electron chi connectivity index (χ4n) is 2.25. The molecule has 2 N–H and O–H groups in total. The highest BCUT2D eigenvalue weighted by atomic mass is 79.9. The van der Waals surface area contributed by atoms with Gasteiger partial charge in [0.15, 0.2) is 5.69 Å². The number of amides is 1. The lowest BCUT2D eigenvalue weighted by Gasteiger charge is -2.06. The van der Waals surface area contributed by atoms with Crippen LogP contribution in [-0.2, 0) is 6.18 Å². The number of rotatable bonds is 3. The maximum atomic E-state index is 12.8. The molecular formula is C14H11BrF3N5O. The molecule has 3 aromatic rings. The van der Waals surface area contributed by atoms with Gasteiger partial charge in [-0.05, 0) is 35.0 Å². The zero-order chi connectivity index (χ0) is 17.5. The van der Waals surface area contributed by atoms with E-state index in [1.807, 2.05) is 0 Å². The van der Waals surface area contributed by atoms with Gasteiger partial charge in [-0.2, -0.15) is 18.3 Å². The number of fused-ring (bicyclic) bond motifs is 1. The van der Waals surface area contributed by atoms with E-state index in [9.17, 15) is 18.0 Å². The van der Waals surface area contributed by atoms with Crippen LogP contribution in [0, 0.1) is 0 Å². The summed E-state index contributed by atoms with van der Waals surface area (Å²) in [5.74, 6) is -0.325. The number of H-pyrrole nitrogens is 1. The zero-order valence-corrected chi connectivity index (χ0v) is 13.9. The van der Waals surface area contributed by atoms with E-state index in [2.05, 4.69) is 36.3 Å². The number of nitrogens with one attached hydrogen (secondary N) is 2. The molecular weight excluding hydrogens is 391 g/mol. The summed E-state index contributed by atoms with van der Waals surface area (Å²) in [5, 5.41) is 6.69. The fraction of sp³-hybridized carbons (Fsp3) is 0.214. The Morgan fingerprint density at radius 3 is 2.83 bits per heavy atom. The van der Waals surface area contributed by atoms with Crippen LogP contribution in [0.25, 0.3) is 16.7 Å². The number of pyridine rings is 1. The number of carbonyl (C=O) groups is 1. The van der Waals surface area contributed by atoms with Crippen LogP contribution < -0.4 is 5.32 Å². The summed E-state index contributed by atoms with van der Waals surface area (Å²) < 4.78 is 39.9. The SMILES string of the molecule is CCNC(=O)c1cc2c(-n3ccc(C(F)(F)F)n3)c(Br)cnc2[nH]1. The summed E-state index contributed by atoms with van der Waals surface area (Å²) in [6.07, 6.45) is -1.89. The van der Waals surface area contributed by atoms with E-state index in [0.29, 0.717) is 27.7 Å². The van der Waals surface area contributed by atoms with Crippen molar-refractivity contribution < 1.29 is 18.0 Å². The molecule has 0 saturated heterocycles. The fourth-order valence-corrected chi connectivity index (χ4v) is 2.75. The van der Waals surface area contributed by atoms with Crippen molar-refractivity contribution in [2.45, 2.75) is 13.1 Å². The second kappa shape index (κ2) is 5.93. The Hall–Kier alpha value is -2.36. The van der Waals surface area contributed by atoms with E-state index >= 15 is 0 Å². The van der Waals surface area contributed by atoms with Gasteiger partial charge in [0.05, 0.1) is 10.2 Å². The van der Waals surface area contributed by atoms with Gasteiger partial charge in [-0.3, -0.25) is 4.79 Å². The van der Waals surface area contributed by atoms with Gasteiger partial charge in [0.2, 0.25) is 0 Å². The summed E-state index contributed by atoms with van der Waals surface area (Å²) in [7, 11) is 0. The summed E-state index contributed by atoms with van der Waals surface area (Å²) >= 11 is 3.27. The van der Waals surface area contributed by atoms with E-state index in [1.54, 1.807) is 6.92 Å². The summed E-state index contributed by atoms with van der Waals surface area (Å²) in [4.78, 5) is 18.9. The number of alkyl halides is 3. The van der Waals surface area contributed by atoms with E-state index < -0.39 is 11.9 Å². The van der Waals surface area contributed by atoms with Crippen molar-refractivity contribution in [3.05, 3.63) is 40.4 Å². The minimum absolute atomic E-state index is 0.266. The Labute approximate surface area is 142 Å². The normalized spacial score (nSPS) is 11.9. The number of carbonyl (C=O) groups excluding carboxylic acids is 1. The third kappa shape index (κ3) is 2.88. The third-order valence-electron chi connectivity index (χ3n) is 3.28. The highest BCUT2D eigenvalue weighted by Crippen LogP contribution is 2.32. The van der Waals surface area contributed by atoms with Crippen molar-refractivity contribution in [3.63, 3.8) is 0 Å². The maximum absolute atomic E-state index is 12.8. The highest BCUT2D eigenvalue weighted by Gasteiger charge is 2.34. The van der Waals surface area contributed by atoms with Crippen LogP contribution in [-0.4, -0.2) is 32.2 Å². The smallest absolute Gasteiger partial charge is 0.351 e. The van der Waals surface area contributed by atoms with Crippen molar-refractivity contribution in [2.75, 3.05) is 6.54 Å². The second-order valence-corrected chi connectivity index (χ2v) is 5.76. The average molecular weight is 402 g/mol. The van der Waals surface area contributed by atoms with Crippen LogP contribution in [0.4, 0.5) is 13.2 Å². The molecule has 24 heavy (non-hydrogen) atoms. The highest BCUT2D eigenvalue weighted by molar-refractivity contribution is 9.10. The molecule has 0 aliphatic carbocycles. The number of halogens is 4. The van der Waals surface area contributed by atoms with Gasteiger partial charge in [-0.1, -0.05) is 0 Å². The van der Waals surface area contributed by atoms with Gasteiger partial charge < -0.3 is 10.3 Å².